The van der Waals surface area contributed by atoms with Crippen molar-refractivity contribution in [3.05, 3.63) is 93.0 Å². The van der Waals surface area contributed by atoms with Gasteiger partial charge in [-0.05, 0) is 42.5 Å². The van der Waals surface area contributed by atoms with Crippen LogP contribution >= 0.6 is 11.6 Å². The Hall–Kier alpha value is -4.17. The maximum absolute atomic E-state index is 14.0. The van der Waals surface area contributed by atoms with E-state index in [0.29, 0.717) is 12.1 Å². The van der Waals surface area contributed by atoms with Gasteiger partial charge in [-0.25, -0.2) is 8.78 Å². The molecule has 0 saturated carbocycles. The molecule has 0 aliphatic carbocycles. The summed E-state index contributed by atoms with van der Waals surface area (Å²) in [5, 5.41) is 13.9. The fourth-order valence-corrected chi connectivity index (χ4v) is 3.98. The third-order valence-corrected chi connectivity index (χ3v) is 5.61. The van der Waals surface area contributed by atoms with Crippen molar-refractivity contribution >= 4 is 29.1 Å². The Labute approximate surface area is 205 Å². The van der Waals surface area contributed by atoms with Crippen molar-refractivity contribution in [2.24, 2.45) is 0 Å². The minimum absolute atomic E-state index is 0.0121. The number of nitrogens with one attached hydrogen (secondary N) is 2. The lowest BCUT2D eigenvalue weighted by Gasteiger charge is -2.19. The molecule has 0 bridgehead atoms. The molecule has 0 unspecified atom stereocenters. The topological polar surface area (TPSA) is 91.2 Å². The van der Waals surface area contributed by atoms with Gasteiger partial charge in [-0.15, -0.1) is 0 Å². The molecule has 12 heteroatoms. The first-order chi connectivity index (χ1) is 17.0. The molecule has 3 aromatic rings. The van der Waals surface area contributed by atoms with Gasteiger partial charge in [-0.2, -0.15) is 18.4 Å². The number of anilines is 1. The van der Waals surface area contributed by atoms with Crippen LogP contribution in [0.1, 0.15) is 43.4 Å². The SMILES string of the molecule is N#CCOc1cc(NC(=O)c2cc(F)cc(C(F)(F)F)c2)c2c(c1)C(=O)N[C@H]2c1cc(F)ccc1Cl. The molecule has 1 heterocycles. The zero-order valence-electron chi connectivity index (χ0n) is 17.8. The number of rotatable bonds is 5. The first-order valence-electron chi connectivity index (χ1n) is 10.1. The zero-order valence-corrected chi connectivity index (χ0v) is 18.6. The third-order valence-electron chi connectivity index (χ3n) is 5.27. The quantitative estimate of drug-likeness (QED) is 0.426. The summed E-state index contributed by atoms with van der Waals surface area (Å²) in [6, 6.07) is 8.00. The number of fused-ring (bicyclic) bond motifs is 1. The van der Waals surface area contributed by atoms with Crippen LogP contribution in [-0.4, -0.2) is 18.4 Å². The number of amides is 2. The molecule has 1 atom stereocenters. The standard InChI is InChI=1S/C24H13ClF5N3O3/c25-18-2-1-13(26)8-16(18)21-20-17(23(35)33-21)9-15(36-4-3-31)10-19(20)32-22(34)11-5-12(24(28,29)30)7-14(27)6-11/h1-2,5-10,21H,4H2,(H,32,34)(H,33,35)/t21-/m0/s1. The van der Waals surface area contributed by atoms with Gasteiger partial charge in [-0.1, -0.05) is 11.6 Å². The van der Waals surface area contributed by atoms with Gasteiger partial charge in [0.1, 0.15) is 23.5 Å². The Morgan fingerprint density at radius 2 is 1.86 bits per heavy atom. The van der Waals surface area contributed by atoms with Crippen molar-refractivity contribution in [3.8, 4) is 11.8 Å². The summed E-state index contributed by atoms with van der Waals surface area (Å²) in [6.45, 7) is -0.411. The fraction of sp³-hybridized carbons (Fsp3) is 0.125. The number of ether oxygens (including phenoxy) is 1. The molecule has 3 aromatic carbocycles. The van der Waals surface area contributed by atoms with E-state index in [1.807, 2.05) is 0 Å². The predicted octanol–water partition coefficient (Wildman–Crippen LogP) is 5.62. The summed E-state index contributed by atoms with van der Waals surface area (Å²) in [5.41, 5.74) is -1.86. The summed E-state index contributed by atoms with van der Waals surface area (Å²) >= 11 is 6.21. The second-order valence-electron chi connectivity index (χ2n) is 7.63. The number of nitrogens with zero attached hydrogens (tertiary/aromatic N) is 1. The van der Waals surface area contributed by atoms with E-state index in [-0.39, 0.29) is 39.2 Å². The maximum Gasteiger partial charge on any atom is 0.416 e. The maximum atomic E-state index is 14.0. The first kappa shape index (κ1) is 24.9. The molecule has 1 aliphatic rings. The van der Waals surface area contributed by atoms with E-state index >= 15 is 0 Å². The molecule has 6 nitrogen and oxygen atoms in total. The lowest BCUT2D eigenvalue weighted by molar-refractivity contribution is -0.137. The van der Waals surface area contributed by atoms with Crippen molar-refractivity contribution in [1.29, 1.82) is 5.26 Å². The molecule has 0 saturated heterocycles. The second kappa shape index (κ2) is 9.47. The van der Waals surface area contributed by atoms with Crippen molar-refractivity contribution in [2.75, 3.05) is 11.9 Å². The summed E-state index contributed by atoms with van der Waals surface area (Å²) in [7, 11) is 0. The van der Waals surface area contributed by atoms with Crippen molar-refractivity contribution in [1.82, 2.24) is 5.32 Å². The van der Waals surface area contributed by atoms with Crippen LogP contribution < -0.4 is 15.4 Å². The highest BCUT2D eigenvalue weighted by Gasteiger charge is 2.36. The number of hydrogen-bond acceptors (Lipinski definition) is 4. The van der Waals surface area contributed by atoms with Gasteiger partial charge in [0, 0.05) is 27.8 Å². The van der Waals surface area contributed by atoms with Crippen molar-refractivity contribution in [2.45, 2.75) is 12.2 Å². The summed E-state index contributed by atoms with van der Waals surface area (Å²) in [4.78, 5) is 25.6. The number of benzene rings is 3. The Balaban J connectivity index is 1.82. The summed E-state index contributed by atoms with van der Waals surface area (Å²) in [5.74, 6) is -3.72. The number of alkyl halides is 3. The molecule has 0 radical (unpaired) electrons. The third kappa shape index (κ3) is 4.94. The first-order valence-corrected chi connectivity index (χ1v) is 10.5. The van der Waals surface area contributed by atoms with Gasteiger partial charge in [0.2, 0.25) is 0 Å². The normalized spacial score (nSPS) is 14.6. The van der Waals surface area contributed by atoms with Crippen LogP contribution in [0.3, 0.4) is 0 Å². The van der Waals surface area contributed by atoms with E-state index in [1.54, 1.807) is 6.07 Å². The van der Waals surface area contributed by atoms with Crippen LogP contribution in [0.5, 0.6) is 5.75 Å². The number of carbonyl (C=O) groups is 2. The Morgan fingerprint density at radius 1 is 1.11 bits per heavy atom. The average Bonchev–Trinajstić information content (AvgIpc) is 3.14. The summed E-state index contributed by atoms with van der Waals surface area (Å²) in [6.07, 6.45) is -4.90. The molecular formula is C24H13ClF5N3O3. The molecule has 0 fully saturated rings. The van der Waals surface area contributed by atoms with E-state index in [0.717, 1.165) is 12.1 Å². The molecule has 1 aliphatic heterocycles. The molecule has 2 N–H and O–H groups in total. The lowest BCUT2D eigenvalue weighted by Crippen LogP contribution is -2.21. The number of carbonyl (C=O) groups excluding carboxylic acids is 2. The van der Waals surface area contributed by atoms with Crippen LogP contribution in [0.15, 0.2) is 48.5 Å². The van der Waals surface area contributed by atoms with Crippen LogP contribution in [0.2, 0.25) is 5.02 Å². The second-order valence-corrected chi connectivity index (χ2v) is 8.04. The van der Waals surface area contributed by atoms with Gasteiger partial charge in [0.15, 0.2) is 6.61 Å². The smallest absolute Gasteiger partial charge is 0.416 e. The number of nitriles is 1. The Morgan fingerprint density at radius 3 is 2.56 bits per heavy atom. The average molecular weight is 522 g/mol. The van der Waals surface area contributed by atoms with E-state index < -0.39 is 53.4 Å². The minimum atomic E-state index is -4.90. The molecule has 2 amide bonds. The van der Waals surface area contributed by atoms with Crippen LogP contribution in [0.25, 0.3) is 0 Å². The zero-order chi connectivity index (χ0) is 26.2. The molecule has 4 rings (SSSR count). The van der Waals surface area contributed by atoms with Gasteiger partial charge in [0.25, 0.3) is 11.8 Å². The molecule has 0 aromatic heterocycles. The van der Waals surface area contributed by atoms with Gasteiger partial charge < -0.3 is 15.4 Å². The van der Waals surface area contributed by atoms with Crippen molar-refractivity contribution in [3.63, 3.8) is 0 Å². The van der Waals surface area contributed by atoms with Crippen molar-refractivity contribution < 1.29 is 36.3 Å². The minimum Gasteiger partial charge on any atom is -0.479 e. The van der Waals surface area contributed by atoms with E-state index in [2.05, 4.69) is 10.6 Å². The van der Waals surface area contributed by atoms with E-state index in [1.165, 1.54) is 18.2 Å². The molecule has 184 valence electrons. The molecule has 0 spiro atoms. The highest BCUT2D eigenvalue weighted by atomic mass is 35.5. The summed E-state index contributed by atoms with van der Waals surface area (Å²) < 4.78 is 72.4. The lowest BCUT2D eigenvalue weighted by atomic mass is 9.95. The highest BCUT2D eigenvalue weighted by molar-refractivity contribution is 6.31. The van der Waals surface area contributed by atoms with Gasteiger partial charge in [-0.3, -0.25) is 9.59 Å². The van der Waals surface area contributed by atoms with E-state index in [9.17, 15) is 31.5 Å². The van der Waals surface area contributed by atoms with Gasteiger partial charge >= 0.3 is 6.18 Å². The number of hydrogen-bond donors (Lipinski definition) is 2. The molecule has 36 heavy (non-hydrogen) atoms. The fourth-order valence-electron chi connectivity index (χ4n) is 3.76. The Kier molecular flexibility index (Phi) is 6.56. The monoisotopic (exact) mass is 521 g/mol. The predicted molar refractivity (Wildman–Crippen MR) is 118 cm³/mol. The Bertz CT molecular complexity index is 1440. The van der Waals surface area contributed by atoms with Crippen LogP contribution in [0.4, 0.5) is 27.6 Å². The van der Waals surface area contributed by atoms with Crippen LogP contribution in [-0.2, 0) is 6.18 Å². The molecular weight excluding hydrogens is 509 g/mol. The van der Waals surface area contributed by atoms with Crippen LogP contribution in [0, 0.1) is 23.0 Å². The highest BCUT2D eigenvalue weighted by Crippen LogP contribution is 2.41. The largest absolute Gasteiger partial charge is 0.479 e. The number of halogens is 6. The van der Waals surface area contributed by atoms with Gasteiger partial charge in [0.05, 0.1) is 22.9 Å². The van der Waals surface area contributed by atoms with E-state index in [4.69, 9.17) is 21.6 Å².